The summed E-state index contributed by atoms with van der Waals surface area (Å²) >= 11 is 0. The predicted molar refractivity (Wildman–Crippen MR) is 147 cm³/mol. The Labute approximate surface area is 224 Å². The monoisotopic (exact) mass is 498 g/mol. The molecule has 0 aliphatic heterocycles. The van der Waals surface area contributed by atoms with Gasteiger partial charge in [-0.25, -0.2) is 9.13 Å². The Bertz CT molecular complexity index is 1540. The van der Waals surface area contributed by atoms with E-state index in [0.717, 1.165) is 5.69 Å². The van der Waals surface area contributed by atoms with Gasteiger partial charge < -0.3 is 12.4 Å². The highest BCUT2D eigenvalue weighted by molar-refractivity contribution is 5.65. The highest BCUT2D eigenvalue weighted by Gasteiger charge is 2.22. The summed E-state index contributed by atoms with van der Waals surface area (Å²) in [5.41, 5.74) is 8.56. The Morgan fingerprint density at radius 1 is 0.459 bits per heavy atom. The maximum Gasteiger partial charge on any atom is 0.249 e. The van der Waals surface area contributed by atoms with Gasteiger partial charge in [-0.05, 0) is 34.4 Å². The van der Waals surface area contributed by atoms with Crippen molar-refractivity contribution in [2.24, 2.45) is 0 Å². The van der Waals surface area contributed by atoms with Crippen LogP contribution in [0.2, 0.25) is 0 Å². The maximum absolute atomic E-state index is 2.29. The topological polar surface area (TPSA) is 8.81 Å². The second-order valence-electron chi connectivity index (χ2n) is 8.98. The predicted octanol–water partition coefficient (Wildman–Crippen LogP) is 4.74. The molecule has 0 fully saturated rings. The fourth-order valence-corrected chi connectivity index (χ4v) is 4.79. The lowest BCUT2D eigenvalue weighted by atomic mass is 9.96. The lowest BCUT2D eigenvalue weighted by Crippen LogP contribution is -3.00. The van der Waals surface area contributed by atoms with Crippen molar-refractivity contribution in [2.45, 2.75) is 6.04 Å². The van der Waals surface area contributed by atoms with Crippen LogP contribution in [0.1, 0.15) is 17.2 Å². The molecule has 0 N–H and O–H groups in total. The molecule has 0 aliphatic rings. The molecule has 0 saturated carbocycles. The molecule has 1 heterocycles. The van der Waals surface area contributed by atoms with E-state index in [4.69, 9.17) is 0 Å². The molecule has 5 aromatic carbocycles. The van der Waals surface area contributed by atoms with Crippen molar-refractivity contribution < 1.29 is 17.0 Å². The first-order valence-corrected chi connectivity index (χ1v) is 12.3. The van der Waals surface area contributed by atoms with Crippen LogP contribution in [0.5, 0.6) is 0 Å². The van der Waals surface area contributed by atoms with Gasteiger partial charge in [0.2, 0.25) is 6.33 Å². The van der Waals surface area contributed by atoms with Crippen molar-refractivity contribution in [3.63, 3.8) is 0 Å². The zero-order valence-electron chi connectivity index (χ0n) is 20.4. The Kier molecular flexibility index (Phi) is 7.30. The van der Waals surface area contributed by atoms with Gasteiger partial charge in [-0.2, -0.15) is 0 Å². The molecule has 37 heavy (non-hydrogen) atoms. The quantitative estimate of drug-likeness (QED) is 0.293. The first-order valence-electron chi connectivity index (χ1n) is 12.3. The van der Waals surface area contributed by atoms with E-state index in [-0.39, 0.29) is 18.4 Å². The third kappa shape index (κ3) is 5.25. The minimum Gasteiger partial charge on any atom is -1.00 e. The SMILES string of the molecule is [Cl-].c1ccc(-c2ccc(C(c3ccccc3)[n+]3ccn(-c4ccc(-c5ccccc5)cc4)c3)cc2)cc1. The van der Waals surface area contributed by atoms with Crippen LogP contribution < -0.4 is 17.0 Å². The van der Waals surface area contributed by atoms with Crippen molar-refractivity contribution in [1.82, 2.24) is 4.57 Å². The summed E-state index contributed by atoms with van der Waals surface area (Å²) < 4.78 is 4.47. The van der Waals surface area contributed by atoms with Crippen LogP contribution in [0.3, 0.4) is 0 Å². The summed E-state index contributed by atoms with van der Waals surface area (Å²) in [4.78, 5) is 0. The lowest BCUT2D eigenvalue weighted by Gasteiger charge is -2.15. The molecule has 0 amide bonds. The van der Waals surface area contributed by atoms with Crippen molar-refractivity contribution in [1.29, 1.82) is 0 Å². The molecule has 0 spiro atoms. The van der Waals surface area contributed by atoms with E-state index in [1.807, 2.05) is 0 Å². The van der Waals surface area contributed by atoms with Crippen LogP contribution in [0, 0.1) is 0 Å². The van der Waals surface area contributed by atoms with Crippen molar-refractivity contribution in [2.75, 3.05) is 0 Å². The first-order chi connectivity index (χ1) is 17.8. The van der Waals surface area contributed by atoms with Gasteiger partial charge in [0.1, 0.15) is 18.1 Å². The van der Waals surface area contributed by atoms with E-state index >= 15 is 0 Å². The number of hydrogen-bond acceptors (Lipinski definition) is 0. The number of rotatable bonds is 6. The molecule has 0 radical (unpaired) electrons. The van der Waals surface area contributed by atoms with Gasteiger partial charge in [0.05, 0.1) is 0 Å². The van der Waals surface area contributed by atoms with Crippen LogP contribution in [0.4, 0.5) is 0 Å². The fourth-order valence-electron chi connectivity index (χ4n) is 4.79. The van der Waals surface area contributed by atoms with Crippen molar-refractivity contribution >= 4 is 0 Å². The summed E-state index contributed by atoms with van der Waals surface area (Å²) in [7, 11) is 0. The molecule has 2 nitrogen and oxygen atoms in total. The molecule has 0 bridgehead atoms. The minimum absolute atomic E-state index is 0. The largest absolute Gasteiger partial charge is 1.00 e. The first kappa shape index (κ1) is 24.3. The van der Waals surface area contributed by atoms with Gasteiger partial charge in [-0.3, -0.25) is 0 Å². The van der Waals surface area contributed by atoms with Gasteiger partial charge in [-0.1, -0.05) is 127 Å². The summed E-state index contributed by atoms with van der Waals surface area (Å²) in [6.07, 6.45) is 6.47. The number of imidazole rings is 1. The van der Waals surface area contributed by atoms with E-state index in [1.165, 1.54) is 33.4 Å². The average Bonchev–Trinajstić information content (AvgIpc) is 3.45. The maximum atomic E-state index is 2.29. The van der Waals surface area contributed by atoms with Gasteiger partial charge in [0, 0.05) is 11.1 Å². The summed E-state index contributed by atoms with van der Waals surface area (Å²) in [6.45, 7) is 0. The average molecular weight is 499 g/mol. The van der Waals surface area contributed by atoms with E-state index in [0.29, 0.717) is 0 Å². The van der Waals surface area contributed by atoms with E-state index in [2.05, 4.69) is 167 Å². The fraction of sp³-hybridized carbons (Fsp3) is 0.0294. The highest BCUT2D eigenvalue weighted by atomic mass is 35.5. The zero-order chi connectivity index (χ0) is 24.2. The minimum atomic E-state index is 0. The molecule has 180 valence electrons. The molecule has 1 atom stereocenters. The Hall–Kier alpha value is -4.40. The van der Waals surface area contributed by atoms with E-state index < -0.39 is 0 Å². The number of halogens is 1. The molecular weight excluding hydrogens is 472 g/mol. The third-order valence-corrected chi connectivity index (χ3v) is 6.68. The van der Waals surface area contributed by atoms with Gasteiger partial charge in [-0.15, -0.1) is 0 Å². The Balaban J connectivity index is 0.00000280. The summed E-state index contributed by atoms with van der Waals surface area (Å²) in [5, 5.41) is 0. The van der Waals surface area contributed by atoms with Crippen LogP contribution in [-0.4, -0.2) is 4.57 Å². The van der Waals surface area contributed by atoms with Crippen molar-refractivity contribution in [3.05, 3.63) is 169 Å². The molecule has 0 saturated heterocycles. The van der Waals surface area contributed by atoms with E-state index in [1.54, 1.807) is 0 Å². The van der Waals surface area contributed by atoms with Gasteiger partial charge in [0.25, 0.3) is 0 Å². The second-order valence-corrected chi connectivity index (χ2v) is 8.98. The number of nitrogens with zero attached hydrogens (tertiary/aromatic N) is 2. The molecule has 3 heteroatoms. The number of aromatic nitrogens is 2. The normalized spacial score (nSPS) is 11.5. The van der Waals surface area contributed by atoms with Crippen LogP contribution in [0.15, 0.2) is 158 Å². The molecule has 6 rings (SSSR count). The van der Waals surface area contributed by atoms with E-state index in [9.17, 15) is 0 Å². The highest BCUT2D eigenvalue weighted by Crippen LogP contribution is 2.26. The Morgan fingerprint density at radius 3 is 1.43 bits per heavy atom. The molecule has 1 unspecified atom stereocenters. The Morgan fingerprint density at radius 2 is 0.892 bits per heavy atom. The summed E-state index contributed by atoms with van der Waals surface area (Å²) in [5.74, 6) is 0. The van der Waals surface area contributed by atoms with Gasteiger partial charge in [0.15, 0.2) is 6.04 Å². The molecular formula is C34H27ClN2. The zero-order valence-corrected chi connectivity index (χ0v) is 21.1. The van der Waals surface area contributed by atoms with Crippen molar-refractivity contribution in [3.8, 4) is 27.9 Å². The molecule has 0 aliphatic carbocycles. The van der Waals surface area contributed by atoms with Gasteiger partial charge >= 0.3 is 0 Å². The molecule has 1 aromatic heterocycles. The smallest absolute Gasteiger partial charge is 0.249 e. The number of benzene rings is 5. The van der Waals surface area contributed by atoms with Crippen LogP contribution >= 0.6 is 0 Å². The molecule has 6 aromatic rings. The van der Waals surface area contributed by atoms with Crippen LogP contribution in [-0.2, 0) is 0 Å². The second kappa shape index (κ2) is 11.1. The van der Waals surface area contributed by atoms with Crippen LogP contribution in [0.25, 0.3) is 27.9 Å². The number of hydrogen-bond donors (Lipinski definition) is 0. The summed E-state index contributed by atoms with van der Waals surface area (Å²) in [6, 6.07) is 49.5. The third-order valence-electron chi connectivity index (χ3n) is 6.68. The standard InChI is InChI=1S/C34H27N2.ClH/c1-4-10-27(11-5-1)29-16-18-32(19-17-29)34(31-14-8-3-9-15-31)36-25-24-35(26-36)33-22-20-30(21-23-33)28-12-6-2-7-13-28;/h1-26,34H;1H/q+1;/p-1. The lowest BCUT2D eigenvalue weighted by molar-refractivity contribution is -0.704.